The molecule has 0 aliphatic carbocycles. The van der Waals surface area contributed by atoms with Gasteiger partial charge in [-0.25, -0.2) is 8.42 Å². The number of aliphatic carboxylic acids is 1. The van der Waals surface area contributed by atoms with E-state index in [0.717, 1.165) is 0 Å². The van der Waals surface area contributed by atoms with Crippen molar-refractivity contribution in [3.8, 4) is 6.07 Å². The average molecular weight is 308 g/mol. The van der Waals surface area contributed by atoms with Crippen LogP contribution >= 0.6 is 0 Å². The zero-order valence-corrected chi connectivity index (χ0v) is 12.4. The van der Waals surface area contributed by atoms with E-state index in [1.807, 2.05) is 6.07 Å². The van der Waals surface area contributed by atoms with Crippen LogP contribution in [0.15, 0.2) is 29.2 Å². The van der Waals surface area contributed by atoms with E-state index < -0.39 is 21.4 Å². The van der Waals surface area contributed by atoms with Gasteiger partial charge in [-0.1, -0.05) is 0 Å². The molecule has 7 heteroatoms. The molecule has 0 bridgehead atoms. The lowest BCUT2D eigenvalue weighted by Gasteiger charge is -2.36. The molecular weight excluding hydrogens is 292 g/mol. The Morgan fingerprint density at radius 2 is 2.00 bits per heavy atom. The highest BCUT2D eigenvalue weighted by atomic mass is 32.2. The number of nitrogens with zero attached hydrogens (tertiary/aromatic N) is 2. The molecule has 0 saturated carbocycles. The molecule has 112 valence electrons. The van der Waals surface area contributed by atoms with Crippen LogP contribution in [-0.2, 0) is 14.8 Å². The third-order valence-corrected chi connectivity index (χ3v) is 5.66. The van der Waals surface area contributed by atoms with Gasteiger partial charge in [-0.2, -0.15) is 9.57 Å². The topological polar surface area (TPSA) is 98.5 Å². The van der Waals surface area contributed by atoms with E-state index >= 15 is 0 Å². The molecule has 1 aliphatic heterocycles. The van der Waals surface area contributed by atoms with Crippen molar-refractivity contribution < 1.29 is 18.3 Å². The van der Waals surface area contributed by atoms with Crippen molar-refractivity contribution in [2.75, 3.05) is 13.1 Å². The number of nitriles is 1. The second-order valence-corrected chi connectivity index (χ2v) is 7.38. The van der Waals surface area contributed by atoms with Gasteiger partial charge in [0, 0.05) is 13.1 Å². The highest BCUT2D eigenvalue weighted by Crippen LogP contribution is 2.32. The Kier molecular flexibility index (Phi) is 4.03. The molecule has 0 amide bonds. The van der Waals surface area contributed by atoms with Crippen LogP contribution < -0.4 is 0 Å². The van der Waals surface area contributed by atoms with Gasteiger partial charge in [0.25, 0.3) is 0 Å². The molecule has 0 spiro atoms. The number of carboxylic acids is 1. The Bertz CT molecular complexity index is 691. The van der Waals surface area contributed by atoms with Gasteiger partial charge in [-0.3, -0.25) is 4.79 Å². The number of piperidine rings is 1. The highest BCUT2D eigenvalue weighted by molar-refractivity contribution is 7.89. The zero-order valence-electron chi connectivity index (χ0n) is 11.6. The monoisotopic (exact) mass is 308 g/mol. The first kappa shape index (κ1) is 15.5. The normalized spacial score (nSPS) is 23.4. The summed E-state index contributed by atoms with van der Waals surface area (Å²) in [6, 6.07) is 7.55. The lowest BCUT2D eigenvalue weighted by Crippen LogP contribution is -2.48. The Balaban J connectivity index is 2.30. The summed E-state index contributed by atoms with van der Waals surface area (Å²) in [5, 5.41) is 18.0. The van der Waals surface area contributed by atoms with E-state index in [0.29, 0.717) is 24.9 Å². The van der Waals surface area contributed by atoms with Crippen molar-refractivity contribution in [3.05, 3.63) is 29.8 Å². The van der Waals surface area contributed by atoms with E-state index in [1.54, 1.807) is 6.92 Å². The van der Waals surface area contributed by atoms with Crippen molar-refractivity contribution in [1.29, 1.82) is 5.26 Å². The van der Waals surface area contributed by atoms with Crippen LogP contribution in [0.1, 0.15) is 25.3 Å². The number of hydrogen-bond donors (Lipinski definition) is 1. The molecule has 6 nitrogen and oxygen atoms in total. The standard InChI is InChI=1S/C14H16N2O4S/c1-14(13(17)18)7-2-8-16(10-14)21(19,20)12-5-3-11(9-15)4-6-12/h3-6H,2,7-8,10H2,1H3,(H,17,18). The Labute approximate surface area is 123 Å². The fraction of sp³-hybridized carbons (Fsp3) is 0.429. The van der Waals surface area contributed by atoms with Crippen LogP contribution in [-0.4, -0.2) is 36.9 Å². The quantitative estimate of drug-likeness (QED) is 0.911. The van der Waals surface area contributed by atoms with Crippen LogP contribution in [0.5, 0.6) is 0 Å². The number of carbonyl (C=O) groups is 1. The molecule has 1 unspecified atom stereocenters. The first-order chi connectivity index (χ1) is 9.79. The second kappa shape index (κ2) is 5.47. The first-order valence-electron chi connectivity index (χ1n) is 6.53. The molecule has 1 aromatic carbocycles. The van der Waals surface area contributed by atoms with Crippen LogP contribution in [0.3, 0.4) is 0 Å². The molecular formula is C14H16N2O4S. The lowest BCUT2D eigenvalue weighted by molar-refractivity contribution is -0.150. The maximum atomic E-state index is 12.5. The van der Waals surface area contributed by atoms with E-state index in [-0.39, 0.29) is 11.4 Å². The summed E-state index contributed by atoms with van der Waals surface area (Å²) in [5.41, 5.74) is -0.680. The minimum absolute atomic E-state index is 0.0370. The van der Waals surface area contributed by atoms with Crippen LogP contribution in [0.4, 0.5) is 0 Å². The zero-order chi connectivity index (χ0) is 15.7. The fourth-order valence-electron chi connectivity index (χ4n) is 2.42. The molecule has 0 aromatic heterocycles. The van der Waals surface area contributed by atoms with Crippen LogP contribution in [0.2, 0.25) is 0 Å². The summed E-state index contributed by atoms with van der Waals surface area (Å²) in [6.45, 7) is 1.84. The predicted molar refractivity (Wildman–Crippen MR) is 74.9 cm³/mol. The van der Waals surface area contributed by atoms with E-state index in [9.17, 15) is 18.3 Å². The van der Waals surface area contributed by atoms with E-state index in [2.05, 4.69) is 0 Å². The number of sulfonamides is 1. The minimum Gasteiger partial charge on any atom is -0.481 e. The molecule has 1 aliphatic rings. The average Bonchev–Trinajstić information content (AvgIpc) is 2.47. The molecule has 1 heterocycles. The fourth-order valence-corrected chi connectivity index (χ4v) is 4.03. The van der Waals surface area contributed by atoms with Crippen molar-refractivity contribution in [3.63, 3.8) is 0 Å². The van der Waals surface area contributed by atoms with Gasteiger partial charge < -0.3 is 5.11 Å². The SMILES string of the molecule is CC1(C(=O)O)CCCN(S(=O)(=O)c2ccc(C#N)cc2)C1. The van der Waals surface area contributed by atoms with Gasteiger partial charge in [0.1, 0.15) is 0 Å². The number of rotatable bonds is 3. The van der Waals surface area contributed by atoms with Gasteiger partial charge in [0.2, 0.25) is 10.0 Å². The number of hydrogen-bond acceptors (Lipinski definition) is 4. The molecule has 21 heavy (non-hydrogen) atoms. The van der Waals surface area contributed by atoms with Crippen molar-refractivity contribution in [2.45, 2.75) is 24.7 Å². The Morgan fingerprint density at radius 3 is 2.52 bits per heavy atom. The summed E-state index contributed by atoms with van der Waals surface area (Å²) in [5.74, 6) is -0.984. The summed E-state index contributed by atoms with van der Waals surface area (Å²) in [7, 11) is -3.73. The lowest BCUT2D eigenvalue weighted by atomic mass is 9.83. The van der Waals surface area contributed by atoms with E-state index in [1.165, 1.54) is 28.6 Å². The second-order valence-electron chi connectivity index (χ2n) is 5.44. The van der Waals surface area contributed by atoms with E-state index in [4.69, 9.17) is 5.26 Å². The van der Waals surface area contributed by atoms with Gasteiger partial charge >= 0.3 is 5.97 Å². The first-order valence-corrected chi connectivity index (χ1v) is 7.97. The summed E-state index contributed by atoms with van der Waals surface area (Å²) < 4.78 is 26.3. The largest absolute Gasteiger partial charge is 0.481 e. The molecule has 1 fully saturated rings. The van der Waals surface area contributed by atoms with Crippen molar-refractivity contribution >= 4 is 16.0 Å². The third-order valence-electron chi connectivity index (χ3n) is 3.80. The summed E-state index contributed by atoms with van der Waals surface area (Å²) in [4.78, 5) is 11.4. The molecule has 1 atom stereocenters. The van der Waals surface area contributed by atoms with Crippen LogP contribution in [0.25, 0.3) is 0 Å². The van der Waals surface area contributed by atoms with Gasteiger partial charge in [0.05, 0.1) is 21.9 Å². The van der Waals surface area contributed by atoms with Gasteiger partial charge in [0.15, 0.2) is 0 Å². The molecule has 1 saturated heterocycles. The highest BCUT2D eigenvalue weighted by Gasteiger charge is 2.41. The maximum absolute atomic E-state index is 12.5. The van der Waals surface area contributed by atoms with Crippen molar-refractivity contribution in [2.24, 2.45) is 5.41 Å². The van der Waals surface area contributed by atoms with Gasteiger partial charge in [-0.15, -0.1) is 0 Å². The molecule has 2 rings (SSSR count). The minimum atomic E-state index is -3.73. The number of benzene rings is 1. The Hall–Kier alpha value is -1.91. The van der Waals surface area contributed by atoms with Crippen LogP contribution in [0, 0.1) is 16.7 Å². The van der Waals surface area contributed by atoms with Gasteiger partial charge in [-0.05, 0) is 44.0 Å². The number of carboxylic acid groups (broad SMARTS) is 1. The molecule has 1 aromatic rings. The summed E-state index contributed by atoms with van der Waals surface area (Å²) in [6.07, 6.45) is 0.972. The Morgan fingerprint density at radius 1 is 1.38 bits per heavy atom. The summed E-state index contributed by atoms with van der Waals surface area (Å²) >= 11 is 0. The predicted octanol–water partition coefficient (Wildman–Crippen LogP) is 1.43. The smallest absolute Gasteiger partial charge is 0.310 e. The van der Waals surface area contributed by atoms with Crippen molar-refractivity contribution in [1.82, 2.24) is 4.31 Å². The third kappa shape index (κ3) is 2.91. The molecule has 1 N–H and O–H groups in total. The molecule has 0 radical (unpaired) electrons. The maximum Gasteiger partial charge on any atom is 0.310 e.